The second-order valence-electron chi connectivity index (χ2n) is 3.33. The maximum absolute atomic E-state index is 11.3. The van der Waals surface area contributed by atoms with E-state index in [1.54, 1.807) is 0 Å². The molecule has 90 valence electrons. The molecule has 0 aliphatic rings. The minimum absolute atomic E-state index is 0.0105. The van der Waals surface area contributed by atoms with E-state index in [1.165, 1.54) is 20.7 Å². The van der Waals surface area contributed by atoms with Crippen LogP contribution in [0, 0.1) is 0 Å². The average Bonchev–Trinajstić information content (AvgIpc) is 2.16. The lowest BCUT2D eigenvalue weighted by Crippen LogP contribution is -2.20. The van der Waals surface area contributed by atoms with Gasteiger partial charge in [-0.15, -0.1) is 0 Å². The Bertz CT molecular complexity index is 232. The molecule has 5 nitrogen and oxygen atoms in total. The van der Waals surface area contributed by atoms with Gasteiger partial charge in [-0.25, -0.2) is 0 Å². The lowest BCUT2D eigenvalue weighted by molar-refractivity contribution is -0.118. The number of unbranched alkanes of at least 4 members (excludes halogenated alkanes) is 2. The van der Waals surface area contributed by atoms with Crippen molar-refractivity contribution in [2.45, 2.75) is 26.2 Å². The van der Waals surface area contributed by atoms with Crippen LogP contribution in [0.1, 0.15) is 26.2 Å². The van der Waals surface area contributed by atoms with Crippen LogP contribution >= 0.6 is 7.60 Å². The van der Waals surface area contributed by atoms with Gasteiger partial charge in [-0.05, 0) is 19.3 Å². The summed E-state index contributed by atoms with van der Waals surface area (Å²) in [6.07, 6.45) is 2.66. The molecule has 0 radical (unpaired) electrons. The van der Waals surface area contributed by atoms with Crippen molar-refractivity contribution in [1.82, 2.24) is 5.32 Å². The first-order chi connectivity index (χ1) is 6.98. The average molecular weight is 237 g/mol. The van der Waals surface area contributed by atoms with Crippen molar-refractivity contribution < 1.29 is 18.4 Å². The van der Waals surface area contributed by atoms with Crippen molar-refractivity contribution in [3.05, 3.63) is 0 Å². The second-order valence-corrected chi connectivity index (χ2v) is 5.50. The molecule has 0 aromatic carbocycles. The minimum atomic E-state index is -2.81. The van der Waals surface area contributed by atoms with Gasteiger partial charge in [0.2, 0.25) is 5.91 Å². The van der Waals surface area contributed by atoms with Crippen molar-refractivity contribution >= 4 is 13.5 Å². The fraction of sp³-hybridized carbons (Fsp3) is 0.889. The van der Waals surface area contributed by atoms with Gasteiger partial charge < -0.3 is 14.4 Å². The van der Waals surface area contributed by atoms with Gasteiger partial charge in [-0.3, -0.25) is 9.36 Å². The molecule has 0 rings (SSSR count). The quantitative estimate of drug-likeness (QED) is 0.516. The summed E-state index contributed by atoms with van der Waals surface area (Å²) < 4.78 is 21.0. The van der Waals surface area contributed by atoms with E-state index < -0.39 is 7.60 Å². The number of carbonyl (C=O) groups is 1. The monoisotopic (exact) mass is 237 g/mol. The molecule has 0 aromatic rings. The van der Waals surface area contributed by atoms with Crippen molar-refractivity contribution in [1.29, 1.82) is 0 Å². The molecule has 0 saturated carbocycles. The first kappa shape index (κ1) is 14.6. The summed E-state index contributed by atoms with van der Waals surface area (Å²) in [6.45, 7) is 4.06. The molecule has 0 fully saturated rings. The van der Waals surface area contributed by atoms with Crippen molar-refractivity contribution in [2.75, 3.05) is 26.9 Å². The number of rotatable bonds is 8. The summed E-state index contributed by atoms with van der Waals surface area (Å²) in [5.74, 6) is -0.0105. The molecule has 1 N–H and O–H groups in total. The molecule has 1 atom stereocenters. The molecule has 0 saturated heterocycles. The Labute approximate surface area is 91.1 Å². The molecule has 1 amide bonds. The lowest BCUT2D eigenvalue weighted by Gasteiger charge is -2.10. The first-order valence-corrected chi connectivity index (χ1v) is 6.99. The lowest BCUT2D eigenvalue weighted by atomic mass is 10.2. The zero-order valence-electron chi connectivity index (χ0n) is 9.62. The molecular formula is C9H20NO4P. The highest BCUT2D eigenvalue weighted by atomic mass is 31.2. The zero-order valence-corrected chi connectivity index (χ0v) is 10.5. The Morgan fingerprint density at radius 3 is 2.53 bits per heavy atom. The molecule has 6 heteroatoms. The summed E-state index contributed by atoms with van der Waals surface area (Å²) >= 11 is 0. The van der Waals surface area contributed by atoms with Gasteiger partial charge in [-0.1, -0.05) is 0 Å². The van der Waals surface area contributed by atoms with E-state index in [1.807, 2.05) is 0 Å². The second kappa shape index (κ2) is 7.85. The van der Waals surface area contributed by atoms with Gasteiger partial charge >= 0.3 is 7.60 Å². The van der Waals surface area contributed by atoms with Crippen LogP contribution in [-0.2, 0) is 18.4 Å². The third-order valence-electron chi connectivity index (χ3n) is 1.85. The summed E-state index contributed by atoms with van der Waals surface area (Å²) in [5, 5.41) is 2.70. The molecule has 0 heterocycles. The Balaban J connectivity index is 3.25. The van der Waals surface area contributed by atoms with E-state index in [0.717, 1.165) is 19.3 Å². The highest BCUT2D eigenvalue weighted by molar-refractivity contribution is 7.52. The van der Waals surface area contributed by atoms with Gasteiger partial charge in [0.15, 0.2) is 0 Å². The predicted molar refractivity (Wildman–Crippen MR) is 59.0 cm³/mol. The summed E-state index contributed by atoms with van der Waals surface area (Å²) in [7, 11) is -1.44. The summed E-state index contributed by atoms with van der Waals surface area (Å²) in [4.78, 5) is 10.5. The van der Waals surface area contributed by atoms with E-state index in [4.69, 9.17) is 4.52 Å². The molecule has 1 unspecified atom stereocenters. The van der Waals surface area contributed by atoms with Crippen LogP contribution in [-0.4, -0.2) is 32.8 Å². The van der Waals surface area contributed by atoms with Crippen LogP contribution in [0.3, 0.4) is 0 Å². The van der Waals surface area contributed by atoms with E-state index in [-0.39, 0.29) is 5.91 Å². The Morgan fingerprint density at radius 1 is 1.33 bits per heavy atom. The number of amides is 1. The van der Waals surface area contributed by atoms with Crippen molar-refractivity contribution in [3.63, 3.8) is 0 Å². The smallest absolute Gasteiger partial charge is 0.327 e. The third-order valence-corrected chi connectivity index (χ3v) is 3.17. The van der Waals surface area contributed by atoms with Crippen LogP contribution in [0.5, 0.6) is 0 Å². The highest BCUT2D eigenvalue weighted by Crippen LogP contribution is 2.42. The Kier molecular flexibility index (Phi) is 7.65. The Hall–Kier alpha value is -0.380. The summed E-state index contributed by atoms with van der Waals surface area (Å²) in [6, 6.07) is 0. The molecule has 0 aromatic heterocycles. The van der Waals surface area contributed by atoms with Crippen LogP contribution in [0.25, 0.3) is 0 Å². The van der Waals surface area contributed by atoms with Crippen molar-refractivity contribution in [2.24, 2.45) is 0 Å². The Morgan fingerprint density at radius 2 is 2.00 bits per heavy atom. The zero-order chi connectivity index (χ0) is 11.7. The maximum atomic E-state index is 11.3. The SMILES string of the molecule is COP(C)(=O)OCCCCCNC(C)=O. The maximum Gasteiger partial charge on any atom is 0.327 e. The first-order valence-electron chi connectivity index (χ1n) is 5.00. The standard InChI is InChI=1S/C9H20NO4P/c1-9(11)10-7-5-4-6-8-14-15(3,12)13-2/h4-8H2,1-3H3,(H,10,11). The fourth-order valence-corrected chi connectivity index (χ4v) is 1.52. The van der Waals surface area contributed by atoms with Crippen LogP contribution in [0.4, 0.5) is 0 Å². The van der Waals surface area contributed by atoms with Gasteiger partial charge in [0.05, 0.1) is 6.61 Å². The van der Waals surface area contributed by atoms with Gasteiger partial charge in [0.1, 0.15) is 0 Å². The topological polar surface area (TPSA) is 64.6 Å². The normalized spacial score (nSPS) is 14.6. The number of hydrogen-bond donors (Lipinski definition) is 1. The molecule has 0 aliphatic carbocycles. The van der Waals surface area contributed by atoms with Crippen LogP contribution in [0.15, 0.2) is 0 Å². The van der Waals surface area contributed by atoms with Crippen LogP contribution < -0.4 is 5.32 Å². The largest absolute Gasteiger partial charge is 0.356 e. The van der Waals surface area contributed by atoms with E-state index in [2.05, 4.69) is 9.84 Å². The molecule has 15 heavy (non-hydrogen) atoms. The molecule has 0 bridgehead atoms. The predicted octanol–water partition coefficient (Wildman–Crippen LogP) is 1.78. The molecular weight excluding hydrogens is 217 g/mol. The van der Waals surface area contributed by atoms with Crippen molar-refractivity contribution in [3.8, 4) is 0 Å². The van der Waals surface area contributed by atoms with E-state index in [0.29, 0.717) is 13.2 Å². The highest BCUT2D eigenvalue weighted by Gasteiger charge is 2.12. The minimum Gasteiger partial charge on any atom is -0.356 e. The van der Waals surface area contributed by atoms with Gasteiger partial charge in [-0.2, -0.15) is 0 Å². The number of hydrogen-bond acceptors (Lipinski definition) is 4. The molecule has 0 aliphatic heterocycles. The fourth-order valence-electron chi connectivity index (χ4n) is 0.951. The molecule has 0 spiro atoms. The number of nitrogens with one attached hydrogen (secondary N) is 1. The van der Waals surface area contributed by atoms with Gasteiger partial charge in [0.25, 0.3) is 0 Å². The number of carbonyl (C=O) groups excluding carboxylic acids is 1. The van der Waals surface area contributed by atoms with E-state index in [9.17, 15) is 9.36 Å². The third kappa shape index (κ3) is 9.91. The van der Waals surface area contributed by atoms with E-state index >= 15 is 0 Å². The van der Waals surface area contributed by atoms with Crippen LogP contribution in [0.2, 0.25) is 0 Å². The summed E-state index contributed by atoms with van der Waals surface area (Å²) in [5.41, 5.74) is 0. The van der Waals surface area contributed by atoms with Gasteiger partial charge in [0, 0.05) is 27.2 Å².